The highest BCUT2D eigenvalue weighted by atomic mass is 16.4. The molecule has 0 fully saturated rings. The fourth-order valence-corrected chi connectivity index (χ4v) is 1.81. The van der Waals surface area contributed by atoms with Crippen molar-refractivity contribution in [2.45, 2.75) is 52.5 Å². The fraction of sp³-hybridized carbons (Fsp3) is 0.846. The third kappa shape index (κ3) is 6.00. The van der Waals surface area contributed by atoms with Gasteiger partial charge in [-0.05, 0) is 45.1 Å². The van der Waals surface area contributed by atoms with E-state index in [-0.39, 0.29) is 5.91 Å². The molecule has 0 bridgehead atoms. The summed E-state index contributed by atoms with van der Waals surface area (Å²) in [4.78, 5) is 22.6. The van der Waals surface area contributed by atoms with Gasteiger partial charge in [-0.2, -0.15) is 0 Å². The predicted molar refractivity (Wildman–Crippen MR) is 71.1 cm³/mol. The van der Waals surface area contributed by atoms with Crippen molar-refractivity contribution >= 4 is 11.9 Å². The molecule has 0 aliphatic carbocycles. The van der Waals surface area contributed by atoms with Gasteiger partial charge in [0.25, 0.3) is 0 Å². The van der Waals surface area contributed by atoms with E-state index in [1.54, 1.807) is 0 Å². The van der Waals surface area contributed by atoms with Gasteiger partial charge in [0.1, 0.15) is 5.54 Å². The van der Waals surface area contributed by atoms with Gasteiger partial charge in [-0.25, -0.2) is 4.79 Å². The number of amides is 1. The monoisotopic (exact) mass is 258 g/mol. The van der Waals surface area contributed by atoms with Gasteiger partial charge in [0, 0.05) is 6.42 Å². The maximum atomic E-state index is 11.7. The van der Waals surface area contributed by atoms with Gasteiger partial charge in [-0.15, -0.1) is 0 Å². The zero-order chi connectivity index (χ0) is 14.3. The Morgan fingerprint density at radius 3 is 2.22 bits per heavy atom. The second-order valence-electron chi connectivity index (χ2n) is 5.60. The third-order valence-corrected chi connectivity index (χ3v) is 3.21. The molecule has 0 aromatic carbocycles. The number of carbonyl (C=O) groups is 2. The third-order valence-electron chi connectivity index (χ3n) is 3.21. The Hall–Kier alpha value is -1.10. The average molecular weight is 258 g/mol. The summed E-state index contributed by atoms with van der Waals surface area (Å²) in [6, 6.07) is 0. The summed E-state index contributed by atoms with van der Waals surface area (Å²) in [6.45, 7) is 7.80. The van der Waals surface area contributed by atoms with E-state index < -0.39 is 11.5 Å². The van der Waals surface area contributed by atoms with E-state index in [1.165, 1.54) is 13.8 Å². The summed E-state index contributed by atoms with van der Waals surface area (Å²) in [5.41, 5.74) is 4.33. The quantitative estimate of drug-likeness (QED) is 0.613. The topological polar surface area (TPSA) is 92.4 Å². The minimum absolute atomic E-state index is 0.218. The molecule has 0 rings (SSSR count). The second kappa shape index (κ2) is 7.36. The number of carbonyl (C=O) groups excluding carboxylic acids is 1. The summed E-state index contributed by atoms with van der Waals surface area (Å²) in [7, 11) is 0. The standard InChI is InChI=1S/C13H26N2O3/c1-9(2)10(7-8-14)5-6-11(16)15-13(3,4)12(17)18/h9-10H,5-8,14H2,1-4H3,(H,15,16)(H,17,18). The Morgan fingerprint density at radius 2 is 1.83 bits per heavy atom. The lowest BCUT2D eigenvalue weighted by molar-refractivity contribution is -0.146. The fourth-order valence-electron chi connectivity index (χ4n) is 1.81. The number of hydrogen-bond acceptors (Lipinski definition) is 3. The molecule has 0 saturated carbocycles. The van der Waals surface area contributed by atoms with Gasteiger partial charge in [0.05, 0.1) is 0 Å². The molecule has 0 saturated heterocycles. The summed E-state index contributed by atoms with van der Waals surface area (Å²) in [5, 5.41) is 11.4. The molecule has 4 N–H and O–H groups in total. The van der Waals surface area contributed by atoms with Crippen LogP contribution in [0.3, 0.4) is 0 Å². The first kappa shape index (κ1) is 16.9. The number of hydrogen-bond donors (Lipinski definition) is 3. The van der Waals surface area contributed by atoms with Crippen LogP contribution in [0.1, 0.15) is 47.0 Å². The van der Waals surface area contributed by atoms with E-state index in [2.05, 4.69) is 19.2 Å². The Labute approximate surface area is 109 Å². The zero-order valence-electron chi connectivity index (χ0n) is 11.8. The number of carboxylic acid groups (broad SMARTS) is 1. The van der Waals surface area contributed by atoms with Gasteiger partial charge >= 0.3 is 5.97 Å². The summed E-state index contributed by atoms with van der Waals surface area (Å²) < 4.78 is 0. The van der Waals surface area contributed by atoms with Crippen molar-refractivity contribution in [1.29, 1.82) is 0 Å². The number of nitrogens with two attached hydrogens (primary N) is 1. The number of carboxylic acids is 1. The molecule has 0 radical (unpaired) electrons. The molecule has 0 aromatic heterocycles. The van der Waals surface area contributed by atoms with Gasteiger partial charge in [0.2, 0.25) is 5.91 Å². The molecule has 0 heterocycles. The van der Waals surface area contributed by atoms with Crippen molar-refractivity contribution in [3.63, 3.8) is 0 Å². The molecule has 0 spiro atoms. The van der Waals surface area contributed by atoms with Gasteiger partial charge in [0.15, 0.2) is 0 Å². The molecule has 5 heteroatoms. The van der Waals surface area contributed by atoms with Crippen molar-refractivity contribution in [2.75, 3.05) is 6.54 Å². The summed E-state index contributed by atoms with van der Waals surface area (Å²) in [5.74, 6) is -0.356. The van der Waals surface area contributed by atoms with Crippen molar-refractivity contribution in [2.24, 2.45) is 17.6 Å². The first-order valence-corrected chi connectivity index (χ1v) is 6.45. The summed E-state index contributed by atoms with van der Waals surface area (Å²) in [6.07, 6.45) is 1.99. The maximum Gasteiger partial charge on any atom is 0.328 e. The Morgan fingerprint density at radius 1 is 1.28 bits per heavy atom. The molecular formula is C13H26N2O3. The van der Waals surface area contributed by atoms with Crippen LogP contribution >= 0.6 is 0 Å². The minimum atomic E-state index is -1.21. The molecule has 106 valence electrons. The van der Waals surface area contributed by atoms with Crippen molar-refractivity contribution in [1.82, 2.24) is 5.32 Å². The van der Waals surface area contributed by atoms with Crippen LogP contribution in [-0.2, 0) is 9.59 Å². The lowest BCUT2D eigenvalue weighted by Crippen LogP contribution is -2.49. The first-order valence-electron chi connectivity index (χ1n) is 6.45. The van der Waals surface area contributed by atoms with Crippen LogP contribution in [0.25, 0.3) is 0 Å². The molecule has 18 heavy (non-hydrogen) atoms. The van der Waals surface area contributed by atoms with Gasteiger partial charge in [-0.1, -0.05) is 13.8 Å². The van der Waals surface area contributed by atoms with Gasteiger partial charge < -0.3 is 16.2 Å². The first-order chi connectivity index (χ1) is 8.20. The SMILES string of the molecule is CC(C)C(CCN)CCC(=O)NC(C)(C)C(=O)O. The van der Waals surface area contributed by atoms with Crippen molar-refractivity contribution in [3.05, 3.63) is 0 Å². The number of aliphatic carboxylic acids is 1. The zero-order valence-corrected chi connectivity index (χ0v) is 11.8. The van der Waals surface area contributed by atoms with Crippen LogP contribution < -0.4 is 11.1 Å². The smallest absolute Gasteiger partial charge is 0.328 e. The van der Waals surface area contributed by atoms with Crippen LogP contribution in [-0.4, -0.2) is 29.1 Å². The average Bonchev–Trinajstić information content (AvgIpc) is 2.22. The molecule has 0 aliphatic rings. The second-order valence-corrected chi connectivity index (χ2v) is 5.60. The van der Waals surface area contributed by atoms with Crippen molar-refractivity contribution in [3.8, 4) is 0 Å². The van der Waals surface area contributed by atoms with E-state index in [0.29, 0.717) is 24.8 Å². The number of rotatable bonds is 8. The lowest BCUT2D eigenvalue weighted by atomic mass is 9.88. The van der Waals surface area contributed by atoms with Crippen molar-refractivity contribution < 1.29 is 14.7 Å². The molecule has 0 aliphatic heterocycles. The Bertz CT molecular complexity index is 288. The van der Waals surface area contributed by atoms with Crippen LogP contribution in [0.4, 0.5) is 0 Å². The Kier molecular flexibility index (Phi) is 6.91. The molecule has 1 atom stereocenters. The van der Waals surface area contributed by atoms with Crippen LogP contribution in [0.5, 0.6) is 0 Å². The molecular weight excluding hydrogens is 232 g/mol. The van der Waals surface area contributed by atoms with E-state index in [4.69, 9.17) is 10.8 Å². The minimum Gasteiger partial charge on any atom is -0.480 e. The van der Waals surface area contributed by atoms with E-state index >= 15 is 0 Å². The number of nitrogens with one attached hydrogen (secondary N) is 1. The van der Waals surface area contributed by atoms with E-state index in [0.717, 1.165) is 12.8 Å². The normalized spacial score (nSPS) is 13.4. The van der Waals surface area contributed by atoms with Crippen LogP contribution in [0.15, 0.2) is 0 Å². The van der Waals surface area contributed by atoms with Crippen LogP contribution in [0.2, 0.25) is 0 Å². The summed E-state index contributed by atoms with van der Waals surface area (Å²) >= 11 is 0. The highest BCUT2D eigenvalue weighted by Gasteiger charge is 2.28. The van der Waals surface area contributed by atoms with Crippen LogP contribution in [0, 0.1) is 11.8 Å². The Balaban J connectivity index is 4.21. The highest BCUT2D eigenvalue weighted by molar-refractivity contribution is 5.86. The predicted octanol–water partition coefficient (Wildman–Crippen LogP) is 1.37. The molecule has 1 unspecified atom stereocenters. The molecule has 0 aromatic rings. The lowest BCUT2D eigenvalue weighted by Gasteiger charge is -2.23. The van der Waals surface area contributed by atoms with E-state index in [1.807, 2.05) is 0 Å². The molecule has 1 amide bonds. The maximum absolute atomic E-state index is 11.7. The molecule has 5 nitrogen and oxygen atoms in total. The van der Waals surface area contributed by atoms with Gasteiger partial charge in [-0.3, -0.25) is 4.79 Å². The largest absolute Gasteiger partial charge is 0.480 e. The van der Waals surface area contributed by atoms with E-state index in [9.17, 15) is 9.59 Å². The highest BCUT2D eigenvalue weighted by Crippen LogP contribution is 2.20.